The number of aromatic nitrogens is 2. The highest BCUT2D eigenvalue weighted by Crippen LogP contribution is 2.32. The van der Waals surface area contributed by atoms with E-state index in [1.807, 2.05) is 59.5 Å². The summed E-state index contributed by atoms with van der Waals surface area (Å²) in [6.07, 6.45) is 3.40. The molecule has 0 aliphatic carbocycles. The normalized spacial score (nSPS) is 16.3. The Morgan fingerprint density at radius 1 is 1.00 bits per heavy atom. The van der Waals surface area contributed by atoms with Gasteiger partial charge in [0.2, 0.25) is 17.7 Å². The van der Waals surface area contributed by atoms with E-state index in [4.69, 9.17) is 14.7 Å². The Balaban J connectivity index is 1.42. The fourth-order valence-electron chi connectivity index (χ4n) is 4.62. The smallest absolute Gasteiger partial charge is 0.229 e. The maximum absolute atomic E-state index is 13.1. The van der Waals surface area contributed by atoms with Gasteiger partial charge in [-0.05, 0) is 43.4 Å². The van der Waals surface area contributed by atoms with Gasteiger partial charge in [0.05, 0.1) is 24.2 Å². The average Bonchev–Trinajstić information content (AvgIpc) is 2.86. The van der Waals surface area contributed by atoms with Gasteiger partial charge in [-0.25, -0.2) is 4.98 Å². The number of ether oxygens (including phenoxy) is 1. The van der Waals surface area contributed by atoms with Crippen molar-refractivity contribution < 1.29 is 9.53 Å². The van der Waals surface area contributed by atoms with E-state index in [2.05, 4.69) is 18.7 Å². The number of nitrogens with zero attached hydrogens (tertiary/aromatic N) is 4. The molecule has 3 heterocycles. The first-order valence-corrected chi connectivity index (χ1v) is 12.3. The summed E-state index contributed by atoms with van der Waals surface area (Å²) in [5.41, 5.74) is 4.12. The number of hydrogen-bond acceptors (Lipinski definition) is 5. The third-order valence-corrected chi connectivity index (χ3v) is 6.86. The molecule has 1 fully saturated rings. The number of amides is 1. The second-order valence-electron chi connectivity index (χ2n) is 9.57. The van der Waals surface area contributed by atoms with Crippen molar-refractivity contribution in [2.75, 3.05) is 24.5 Å². The van der Waals surface area contributed by atoms with Crippen LogP contribution in [0.3, 0.4) is 0 Å². The summed E-state index contributed by atoms with van der Waals surface area (Å²) in [5.74, 6) is 2.92. The number of piperidine rings is 1. The van der Waals surface area contributed by atoms with Gasteiger partial charge < -0.3 is 14.5 Å². The van der Waals surface area contributed by atoms with E-state index in [1.165, 1.54) is 5.56 Å². The zero-order valence-corrected chi connectivity index (χ0v) is 20.0. The predicted molar refractivity (Wildman–Crippen MR) is 133 cm³/mol. The molecule has 0 spiro atoms. The van der Waals surface area contributed by atoms with Crippen molar-refractivity contribution in [3.05, 3.63) is 77.0 Å². The predicted octanol–water partition coefficient (Wildman–Crippen LogP) is 4.94. The van der Waals surface area contributed by atoms with Gasteiger partial charge in [-0.3, -0.25) is 4.79 Å². The molecule has 176 valence electrons. The number of carbonyl (C=O) groups excluding carboxylic acids is 1. The van der Waals surface area contributed by atoms with Crippen LogP contribution in [0.25, 0.3) is 0 Å². The van der Waals surface area contributed by atoms with E-state index in [0.29, 0.717) is 31.8 Å². The second-order valence-corrected chi connectivity index (χ2v) is 9.57. The Bertz CT molecular complexity index is 1140. The molecule has 3 aromatic rings. The van der Waals surface area contributed by atoms with Crippen LogP contribution in [0.5, 0.6) is 11.6 Å². The largest absolute Gasteiger partial charge is 0.438 e. The summed E-state index contributed by atoms with van der Waals surface area (Å²) >= 11 is 0. The Morgan fingerprint density at radius 2 is 1.74 bits per heavy atom. The molecule has 0 N–H and O–H groups in total. The maximum atomic E-state index is 13.1. The van der Waals surface area contributed by atoms with E-state index >= 15 is 0 Å². The van der Waals surface area contributed by atoms with Gasteiger partial charge in [0.25, 0.3) is 0 Å². The molecule has 6 heteroatoms. The third-order valence-electron chi connectivity index (χ3n) is 6.86. The molecular weight excluding hydrogens is 424 g/mol. The van der Waals surface area contributed by atoms with Crippen molar-refractivity contribution in [1.82, 2.24) is 14.9 Å². The van der Waals surface area contributed by atoms with E-state index in [9.17, 15) is 4.79 Å². The third kappa shape index (κ3) is 5.06. The van der Waals surface area contributed by atoms with Crippen LogP contribution >= 0.6 is 0 Å². The Labute approximate surface area is 201 Å². The number of carbonyl (C=O) groups is 1. The van der Waals surface area contributed by atoms with Crippen LogP contribution in [0.4, 0.5) is 5.95 Å². The van der Waals surface area contributed by atoms with Gasteiger partial charge in [-0.1, -0.05) is 55.0 Å². The van der Waals surface area contributed by atoms with Crippen molar-refractivity contribution in [2.45, 2.75) is 46.1 Å². The number of anilines is 1. The van der Waals surface area contributed by atoms with Gasteiger partial charge in [0, 0.05) is 26.1 Å². The lowest BCUT2D eigenvalue weighted by molar-refractivity contribution is -0.131. The molecule has 2 aliphatic rings. The zero-order chi connectivity index (χ0) is 23.5. The minimum absolute atomic E-state index is 0.118. The van der Waals surface area contributed by atoms with E-state index in [0.717, 1.165) is 60.4 Å². The highest BCUT2D eigenvalue weighted by atomic mass is 16.5. The fraction of sp³-hybridized carbons (Fsp3) is 0.393. The quantitative estimate of drug-likeness (QED) is 0.544. The SMILES string of the molecule is Cc1ccc(Oc2nc(N3CCC(C)CC3)nc3c2CN(C(=O)Cc2ccccc2)CC3)cc1. The standard InChI is InChI=1S/C28H32N4O2/c1-20-8-10-23(11-9-20)34-27-24-19-32(26(33)18-22-6-4-3-5-7-22)17-14-25(24)29-28(30-27)31-15-12-21(2)13-16-31/h3-11,21H,12-19H2,1-2H3. The lowest BCUT2D eigenvalue weighted by Crippen LogP contribution is -2.39. The minimum atomic E-state index is 0.118. The molecule has 0 unspecified atom stereocenters. The van der Waals surface area contributed by atoms with Gasteiger partial charge in [0.15, 0.2) is 0 Å². The van der Waals surface area contributed by atoms with Crippen LogP contribution in [-0.2, 0) is 24.2 Å². The molecule has 6 nitrogen and oxygen atoms in total. The first kappa shape index (κ1) is 22.4. The lowest BCUT2D eigenvalue weighted by Gasteiger charge is -2.33. The first-order valence-electron chi connectivity index (χ1n) is 12.3. The van der Waals surface area contributed by atoms with Gasteiger partial charge in [-0.15, -0.1) is 0 Å². The van der Waals surface area contributed by atoms with E-state index < -0.39 is 0 Å². The molecule has 1 saturated heterocycles. The minimum Gasteiger partial charge on any atom is -0.438 e. The molecular formula is C28H32N4O2. The molecule has 1 amide bonds. The number of benzene rings is 2. The second kappa shape index (κ2) is 9.84. The van der Waals surface area contributed by atoms with Crippen LogP contribution in [0.15, 0.2) is 54.6 Å². The Morgan fingerprint density at radius 3 is 2.47 bits per heavy atom. The summed E-state index contributed by atoms with van der Waals surface area (Å²) < 4.78 is 6.31. The number of rotatable bonds is 5. The molecule has 1 aromatic heterocycles. The molecule has 0 atom stereocenters. The van der Waals surface area contributed by atoms with Crippen molar-refractivity contribution >= 4 is 11.9 Å². The Kier molecular flexibility index (Phi) is 6.48. The van der Waals surface area contributed by atoms with E-state index in [-0.39, 0.29) is 5.91 Å². The van der Waals surface area contributed by atoms with Crippen molar-refractivity contribution in [2.24, 2.45) is 5.92 Å². The molecule has 34 heavy (non-hydrogen) atoms. The van der Waals surface area contributed by atoms with E-state index in [1.54, 1.807) is 0 Å². The summed E-state index contributed by atoms with van der Waals surface area (Å²) in [7, 11) is 0. The van der Waals surface area contributed by atoms with Crippen LogP contribution in [0, 0.1) is 12.8 Å². The molecule has 0 bridgehead atoms. The molecule has 0 saturated carbocycles. The summed E-state index contributed by atoms with van der Waals surface area (Å²) in [6, 6.07) is 17.9. The molecule has 5 rings (SSSR count). The molecule has 0 radical (unpaired) electrons. The van der Waals surface area contributed by atoms with Gasteiger partial charge >= 0.3 is 0 Å². The van der Waals surface area contributed by atoms with Crippen molar-refractivity contribution in [3.8, 4) is 11.6 Å². The number of hydrogen-bond donors (Lipinski definition) is 0. The fourth-order valence-corrected chi connectivity index (χ4v) is 4.62. The number of fused-ring (bicyclic) bond motifs is 1. The van der Waals surface area contributed by atoms with Crippen molar-refractivity contribution in [3.63, 3.8) is 0 Å². The highest BCUT2D eigenvalue weighted by molar-refractivity contribution is 5.79. The van der Waals surface area contributed by atoms with Crippen LogP contribution in [-0.4, -0.2) is 40.4 Å². The van der Waals surface area contributed by atoms with Crippen molar-refractivity contribution in [1.29, 1.82) is 0 Å². The monoisotopic (exact) mass is 456 g/mol. The lowest BCUT2D eigenvalue weighted by atomic mass is 9.99. The first-order chi connectivity index (χ1) is 16.5. The topological polar surface area (TPSA) is 58.6 Å². The highest BCUT2D eigenvalue weighted by Gasteiger charge is 2.28. The average molecular weight is 457 g/mol. The maximum Gasteiger partial charge on any atom is 0.229 e. The summed E-state index contributed by atoms with van der Waals surface area (Å²) in [5, 5.41) is 0. The van der Waals surface area contributed by atoms with Gasteiger partial charge in [0.1, 0.15) is 5.75 Å². The summed E-state index contributed by atoms with van der Waals surface area (Å²) in [4.78, 5) is 27.1. The number of aryl methyl sites for hydroxylation is 1. The zero-order valence-electron chi connectivity index (χ0n) is 20.0. The van der Waals surface area contributed by atoms with Gasteiger partial charge in [-0.2, -0.15) is 4.98 Å². The summed E-state index contributed by atoms with van der Waals surface area (Å²) in [6.45, 7) is 7.42. The molecule has 2 aliphatic heterocycles. The van der Waals surface area contributed by atoms with Crippen LogP contribution in [0.2, 0.25) is 0 Å². The van der Waals surface area contributed by atoms with Crippen LogP contribution in [0.1, 0.15) is 42.1 Å². The van der Waals surface area contributed by atoms with Crippen LogP contribution < -0.4 is 9.64 Å². The molecule has 2 aromatic carbocycles. The Hall–Kier alpha value is -3.41.